The molecule has 1 atom stereocenters. The summed E-state index contributed by atoms with van der Waals surface area (Å²) in [6.07, 6.45) is 9.56. The lowest BCUT2D eigenvalue weighted by atomic mass is 9.97. The van der Waals surface area contributed by atoms with Crippen molar-refractivity contribution in [3.8, 4) is 57.6 Å². The first-order chi connectivity index (χ1) is 69.2. The number of aromatic amines is 5. The summed E-state index contributed by atoms with van der Waals surface area (Å²) < 4.78 is 15.9. The molecule has 734 valence electrons. The van der Waals surface area contributed by atoms with Crippen molar-refractivity contribution >= 4 is 55.2 Å². The summed E-state index contributed by atoms with van der Waals surface area (Å²) in [6.45, 7) is 31.8. The molecule has 0 bridgehead atoms. The topological polar surface area (TPSA) is 412 Å². The molecule has 0 saturated heterocycles. The maximum atomic E-state index is 12.5. The van der Waals surface area contributed by atoms with Gasteiger partial charge in [-0.1, -0.05) is 195 Å². The van der Waals surface area contributed by atoms with Crippen molar-refractivity contribution in [2.75, 3.05) is 0 Å². The van der Waals surface area contributed by atoms with E-state index in [-0.39, 0.29) is 46.5 Å². The van der Waals surface area contributed by atoms with E-state index >= 15 is 0 Å². The highest BCUT2D eigenvalue weighted by molar-refractivity contribution is 5.85. The number of hydrogen-bond acceptors (Lipinski definition) is 21. The molecule has 10 aliphatic heterocycles. The van der Waals surface area contributed by atoms with Crippen LogP contribution in [0.15, 0.2) is 254 Å². The van der Waals surface area contributed by atoms with Crippen molar-refractivity contribution in [1.82, 2.24) is 97.6 Å². The molecular formula is C113H116N20O11. The van der Waals surface area contributed by atoms with Crippen LogP contribution < -0.4 is 56.2 Å². The molecule has 5 N–H and O–H groups in total. The first-order valence-electron chi connectivity index (χ1n) is 48.8. The fraction of sp³-hybridized carbons (Fsp3) is 0.292. The van der Waals surface area contributed by atoms with Crippen LogP contribution in [0, 0.1) is 62.3 Å². The molecule has 0 radical (unpaired) electrons. The molecule has 0 amide bonds. The first-order valence-corrected chi connectivity index (χ1v) is 48.8. The Morgan fingerprint density at radius 2 is 0.590 bits per heavy atom. The lowest BCUT2D eigenvalue weighted by molar-refractivity contribution is -0.000467. The normalized spacial score (nSPS) is 11.7. The molecule has 0 fully saturated rings. The standard InChI is InChI=1S/C24H26N4O3.C24H26N4O2.C23H24N4O2.2C21H20N4O2/c1-14(2)31-18(12-17-8-6-5-7-9-17)13-28-20-11-16(4)15(3)10-19(20)25-21-22(28)26-24(30)27-23(21)29;1-14(2)18-13-19-20(12-16(18)4)28(11-5-6-17-9-7-15(3)8-10-17)22-21(25-19)23(29)27-24(30)26-22;1-3-5-17-11-12-19-18(14-17)24-20-21(25-23(29)26-22(20)28)27(19)13-4-6-16-9-7-15(2)8-10-16;1-13-5-8-15(9-6-13)4-3-11-25-17-10-7-14(2)12-16(17)22-18-19(25)23-21(27)24-20(18)26;1-13-5-8-15(9-6-13)4-3-11-25-17-12-14(2)7-10-16(17)22-18-19(25)23-21(27)24-20(18)26/h5-11,14,18H,12-13H2,1-4H3,(H,27,29,30);7-10,12-14H,5-6,11H2,1-4H3,(H,27,29,30);7-12,14H,3-6,13H2,1-2H3,(H,26,28,29);2*5-10,12H,3-4,11H2,1-2H3,(H,24,26,27). The van der Waals surface area contributed by atoms with Gasteiger partial charge in [-0.3, -0.25) is 48.9 Å². The van der Waals surface area contributed by atoms with Crippen LogP contribution in [0.1, 0.15) is 162 Å². The van der Waals surface area contributed by atoms with E-state index in [1.807, 2.05) is 143 Å². The highest BCUT2D eigenvalue weighted by Gasteiger charge is 2.28. The fourth-order valence-electron chi connectivity index (χ4n) is 18.2. The van der Waals surface area contributed by atoms with Crippen LogP contribution in [0.3, 0.4) is 0 Å². The van der Waals surface area contributed by atoms with Crippen molar-refractivity contribution < 1.29 is 4.74 Å². The molecule has 0 aliphatic carbocycles. The van der Waals surface area contributed by atoms with Crippen LogP contribution in [0.2, 0.25) is 0 Å². The van der Waals surface area contributed by atoms with Gasteiger partial charge in [-0.25, -0.2) is 48.9 Å². The van der Waals surface area contributed by atoms with Crippen LogP contribution in [0.5, 0.6) is 0 Å². The summed E-state index contributed by atoms with van der Waals surface area (Å²) in [5, 5.41) is 0. The summed E-state index contributed by atoms with van der Waals surface area (Å²) in [5.74, 6) is 1.99. The van der Waals surface area contributed by atoms with Gasteiger partial charge in [0.15, 0.2) is 57.6 Å². The van der Waals surface area contributed by atoms with E-state index in [2.05, 4.69) is 258 Å². The molecule has 31 nitrogen and oxygen atoms in total. The Balaban J connectivity index is 0.000000129. The molecule has 10 heterocycles. The van der Waals surface area contributed by atoms with E-state index in [9.17, 15) is 47.9 Å². The average molecular weight is 1930 g/mol. The van der Waals surface area contributed by atoms with Gasteiger partial charge in [0.25, 0.3) is 27.8 Å². The van der Waals surface area contributed by atoms with E-state index < -0.39 is 56.2 Å². The smallest absolute Gasteiger partial charge is 0.349 e. The zero-order valence-electron chi connectivity index (χ0n) is 83.4. The third-order valence-electron chi connectivity index (χ3n) is 25.6. The maximum absolute atomic E-state index is 12.5. The molecule has 0 spiro atoms. The first kappa shape index (κ1) is 101. The molecule has 1 unspecified atom stereocenters. The number of aromatic nitrogens is 20. The van der Waals surface area contributed by atoms with Crippen LogP contribution >= 0.6 is 0 Å². The summed E-state index contributed by atoms with van der Waals surface area (Å²) in [7, 11) is 0. The van der Waals surface area contributed by atoms with E-state index in [0.29, 0.717) is 73.9 Å². The zero-order chi connectivity index (χ0) is 102. The van der Waals surface area contributed by atoms with Gasteiger partial charge in [0.05, 0.1) is 73.9 Å². The second-order valence-corrected chi connectivity index (χ2v) is 37.7. The fourth-order valence-corrected chi connectivity index (χ4v) is 18.2. The number of ether oxygens (including phenoxy) is 1. The van der Waals surface area contributed by atoms with Gasteiger partial charge in [0.1, 0.15) is 0 Å². The molecule has 144 heavy (non-hydrogen) atoms. The van der Waals surface area contributed by atoms with Crippen molar-refractivity contribution in [3.63, 3.8) is 0 Å². The Bertz CT molecular complexity index is 8570. The molecule has 0 saturated carbocycles. The van der Waals surface area contributed by atoms with Crippen molar-refractivity contribution in [3.05, 3.63) is 399 Å². The van der Waals surface area contributed by atoms with Gasteiger partial charge < -0.3 is 27.6 Å². The van der Waals surface area contributed by atoms with Crippen LogP contribution in [0.25, 0.3) is 113 Å². The zero-order valence-corrected chi connectivity index (χ0v) is 83.4. The number of fused-ring (bicyclic) bond motifs is 10. The minimum absolute atomic E-state index is 0.0177. The molecule has 10 aliphatic rings. The minimum Gasteiger partial charge on any atom is -0.373 e. The molecule has 31 heteroatoms. The summed E-state index contributed by atoms with van der Waals surface area (Å²) >= 11 is 0. The second-order valence-electron chi connectivity index (χ2n) is 37.7. The number of rotatable bonds is 25. The predicted molar refractivity (Wildman–Crippen MR) is 565 cm³/mol. The largest absolute Gasteiger partial charge is 0.373 e. The van der Waals surface area contributed by atoms with Crippen molar-refractivity contribution in [2.45, 2.75) is 218 Å². The number of aryl methyl sites for hydroxylation is 18. The quantitative estimate of drug-likeness (QED) is 0.0332. The van der Waals surface area contributed by atoms with Gasteiger partial charge in [-0.15, -0.1) is 0 Å². The van der Waals surface area contributed by atoms with Gasteiger partial charge in [-0.05, 0) is 267 Å². The Labute approximate surface area is 828 Å². The minimum atomic E-state index is -0.680. The lowest BCUT2D eigenvalue weighted by Crippen LogP contribution is -2.32. The highest BCUT2D eigenvalue weighted by atomic mass is 16.5. The van der Waals surface area contributed by atoms with Gasteiger partial charge >= 0.3 is 28.4 Å². The monoisotopic (exact) mass is 1930 g/mol. The van der Waals surface area contributed by atoms with E-state index in [1.165, 1.54) is 55.6 Å². The van der Waals surface area contributed by atoms with E-state index in [4.69, 9.17) is 4.74 Å². The Morgan fingerprint density at radius 3 is 0.986 bits per heavy atom. The SMILES string of the molecule is CCCc1ccc2c(c1)nc1c(=O)[nH]c(=O)nc-1n2CCCc1ccc(C)cc1.Cc1cc2nc3c(=O)[nH]c(=O)nc-3n(CC(Cc3ccccc3)OC(C)C)c2cc1C.Cc1ccc(CCCn2c3nc(=O)[nH]c(=O)c-3nc3cc(C(C)C)c(C)cc32)cc1.Cc1ccc(CCCn2c3nc(=O)[nH]c(=O)c-3nc3cc(C)ccc32)cc1.Cc1ccc(CCCn2c3nc(=O)[nH]c(=O)c-3nc3ccc(C)cc32)cc1. The Kier molecular flexibility index (Phi) is 31.1. The van der Waals surface area contributed by atoms with Crippen LogP contribution in [-0.2, 0) is 76.0 Å². The van der Waals surface area contributed by atoms with Crippen LogP contribution in [0.4, 0.5) is 0 Å². The third-order valence-corrected chi connectivity index (χ3v) is 25.6. The lowest BCUT2D eigenvalue weighted by Gasteiger charge is -2.25. The molecule has 10 aromatic rings. The van der Waals surface area contributed by atoms with Crippen LogP contribution in [-0.4, -0.2) is 110 Å². The molecular weight excluding hydrogens is 1810 g/mol. The summed E-state index contributed by atoms with van der Waals surface area (Å²) in [6, 6.07) is 70.1. The molecule has 0 aromatic heterocycles. The number of benzene rings is 10. The molecule has 10 aromatic carbocycles. The predicted octanol–water partition coefficient (Wildman–Crippen LogP) is 16.3. The van der Waals surface area contributed by atoms with E-state index in [0.717, 1.165) is 147 Å². The molecule has 20 rings (SSSR count). The van der Waals surface area contributed by atoms with Gasteiger partial charge in [0, 0.05) is 32.6 Å². The number of nitrogens with one attached hydrogen (secondary N) is 5. The highest BCUT2D eigenvalue weighted by Crippen LogP contribution is 2.33. The summed E-state index contributed by atoms with van der Waals surface area (Å²) in [5.41, 5.74) is 22.2. The third kappa shape index (κ3) is 23.9. The Hall–Kier alpha value is -16.4. The van der Waals surface area contributed by atoms with Crippen molar-refractivity contribution in [2.24, 2.45) is 0 Å². The number of H-pyrrole nitrogens is 5. The Morgan fingerprint density at radius 1 is 0.278 bits per heavy atom. The van der Waals surface area contributed by atoms with Crippen molar-refractivity contribution in [1.29, 1.82) is 0 Å². The second kappa shape index (κ2) is 44.6. The average Bonchev–Trinajstić information content (AvgIpc) is 0.775. The number of hydrogen-bond donors (Lipinski definition) is 5. The van der Waals surface area contributed by atoms with E-state index in [1.54, 1.807) is 0 Å². The van der Waals surface area contributed by atoms with Gasteiger partial charge in [0.2, 0.25) is 0 Å². The summed E-state index contributed by atoms with van der Waals surface area (Å²) in [4.78, 5) is 175. The maximum Gasteiger partial charge on any atom is 0.349 e. The number of nitrogens with zero attached hydrogens (tertiary/aromatic N) is 15. The van der Waals surface area contributed by atoms with Gasteiger partial charge in [-0.2, -0.15) is 24.9 Å².